The SMILES string of the molecule is C#CCCSCc1ccccc1C. The first-order valence-electron chi connectivity index (χ1n) is 4.40. The Hall–Kier alpha value is -0.870. The molecular weight excluding hydrogens is 176 g/mol. The highest BCUT2D eigenvalue weighted by Gasteiger charge is 1.95. The lowest BCUT2D eigenvalue weighted by atomic mass is 10.1. The molecule has 0 aliphatic rings. The standard InChI is InChI=1S/C12H14S/c1-3-4-9-13-10-12-8-6-5-7-11(12)2/h1,5-8H,4,9-10H2,2H3. The molecule has 13 heavy (non-hydrogen) atoms. The molecule has 1 rings (SSSR count). The van der Waals surface area contributed by atoms with Crippen molar-refractivity contribution in [2.45, 2.75) is 19.1 Å². The largest absolute Gasteiger partial charge is 0.156 e. The summed E-state index contributed by atoms with van der Waals surface area (Å²) >= 11 is 1.90. The third-order valence-electron chi connectivity index (χ3n) is 1.91. The van der Waals surface area contributed by atoms with Crippen LogP contribution in [0.25, 0.3) is 0 Å². The van der Waals surface area contributed by atoms with Gasteiger partial charge in [-0.15, -0.1) is 12.3 Å². The van der Waals surface area contributed by atoms with Crippen molar-refractivity contribution in [3.05, 3.63) is 35.4 Å². The van der Waals surface area contributed by atoms with Gasteiger partial charge in [0.15, 0.2) is 0 Å². The second-order valence-electron chi connectivity index (χ2n) is 2.93. The van der Waals surface area contributed by atoms with Crippen LogP contribution in [0, 0.1) is 19.3 Å². The molecule has 0 radical (unpaired) electrons. The monoisotopic (exact) mass is 190 g/mol. The molecule has 0 amide bonds. The molecule has 1 aromatic rings. The second kappa shape index (κ2) is 5.72. The number of hydrogen-bond donors (Lipinski definition) is 0. The van der Waals surface area contributed by atoms with Crippen LogP contribution in [0.2, 0.25) is 0 Å². The van der Waals surface area contributed by atoms with Gasteiger partial charge in [0, 0.05) is 17.9 Å². The maximum atomic E-state index is 5.17. The molecule has 0 unspecified atom stereocenters. The Balaban J connectivity index is 2.37. The van der Waals surface area contributed by atoms with Crippen molar-refractivity contribution in [1.82, 2.24) is 0 Å². The van der Waals surface area contributed by atoms with E-state index in [1.807, 2.05) is 11.8 Å². The molecule has 1 heteroatoms. The lowest BCUT2D eigenvalue weighted by Gasteiger charge is -2.03. The first-order chi connectivity index (χ1) is 6.34. The van der Waals surface area contributed by atoms with Crippen molar-refractivity contribution in [2.24, 2.45) is 0 Å². The molecule has 0 heterocycles. The van der Waals surface area contributed by atoms with Gasteiger partial charge in [-0.2, -0.15) is 11.8 Å². The number of rotatable bonds is 4. The average Bonchev–Trinajstić information content (AvgIpc) is 2.15. The lowest BCUT2D eigenvalue weighted by molar-refractivity contribution is 1.27. The van der Waals surface area contributed by atoms with Crippen molar-refractivity contribution >= 4 is 11.8 Å². The van der Waals surface area contributed by atoms with Gasteiger partial charge in [-0.1, -0.05) is 24.3 Å². The molecule has 68 valence electrons. The van der Waals surface area contributed by atoms with Crippen molar-refractivity contribution in [3.63, 3.8) is 0 Å². The molecule has 0 saturated carbocycles. The fourth-order valence-electron chi connectivity index (χ4n) is 1.09. The van der Waals surface area contributed by atoms with Crippen LogP contribution in [0.4, 0.5) is 0 Å². The number of terminal acetylenes is 1. The van der Waals surface area contributed by atoms with Crippen LogP contribution in [0.5, 0.6) is 0 Å². The van der Waals surface area contributed by atoms with Gasteiger partial charge in [-0.25, -0.2) is 0 Å². The number of thioether (sulfide) groups is 1. The van der Waals surface area contributed by atoms with Gasteiger partial charge in [-0.3, -0.25) is 0 Å². The third-order valence-corrected chi connectivity index (χ3v) is 2.92. The summed E-state index contributed by atoms with van der Waals surface area (Å²) in [5.41, 5.74) is 2.79. The molecule has 0 atom stereocenters. The number of aryl methyl sites for hydroxylation is 1. The summed E-state index contributed by atoms with van der Waals surface area (Å²) in [6.07, 6.45) is 6.05. The molecular formula is C12H14S. The summed E-state index contributed by atoms with van der Waals surface area (Å²) in [5, 5.41) is 0. The van der Waals surface area contributed by atoms with E-state index in [1.165, 1.54) is 11.1 Å². The first kappa shape index (κ1) is 10.2. The fraction of sp³-hybridized carbons (Fsp3) is 0.333. The van der Waals surface area contributed by atoms with Gasteiger partial charge in [0.2, 0.25) is 0 Å². The summed E-state index contributed by atoms with van der Waals surface area (Å²) < 4.78 is 0. The smallest absolute Gasteiger partial charge is 0.0187 e. The van der Waals surface area contributed by atoms with Crippen LogP contribution in [0.15, 0.2) is 24.3 Å². The Labute approximate surface area is 84.7 Å². The Morgan fingerprint density at radius 1 is 1.38 bits per heavy atom. The van der Waals surface area contributed by atoms with E-state index in [-0.39, 0.29) is 0 Å². The zero-order valence-corrected chi connectivity index (χ0v) is 8.73. The molecule has 0 bridgehead atoms. The minimum atomic E-state index is 0.872. The Bertz CT molecular complexity index is 296. The maximum Gasteiger partial charge on any atom is 0.0187 e. The zero-order valence-electron chi connectivity index (χ0n) is 7.92. The molecule has 0 N–H and O–H groups in total. The van der Waals surface area contributed by atoms with Gasteiger partial charge in [0.25, 0.3) is 0 Å². The molecule has 0 spiro atoms. The molecule has 0 aliphatic heterocycles. The van der Waals surface area contributed by atoms with Gasteiger partial charge >= 0.3 is 0 Å². The fourth-order valence-corrected chi connectivity index (χ4v) is 2.04. The number of hydrogen-bond acceptors (Lipinski definition) is 1. The van der Waals surface area contributed by atoms with Crippen LogP contribution in [0.3, 0.4) is 0 Å². The van der Waals surface area contributed by atoms with Crippen LogP contribution in [-0.4, -0.2) is 5.75 Å². The predicted octanol–water partition coefficient (Wildman–Crippen LogP) is 3.25. The second-order valence-corrected chi connectivity index (χ2v) is 4.04. The van der Waals surface area contributed by atoms with E-state index < -0.39 is 0 Å². The predicted molar refractivity (Wildman–Crippen MR) is 60.8 cm³/mol. The molecule has 1 aromatic carbocycles. The average molecular weight is 190 g/mol. The van der Waals surface area contributed by atoms with E-state index in [9.17, 15) is 0 Å². The summed E-state index contributed by atoms with van der Waals surface area (Å²) in [7, 11) is 0. The topological polar surface area (TPSA) is 0 Å². The van der Waals surface area contributed by atoms with Gasteiger partial charge in [0.1, 0.15) is 0 Å². The van der Waals surface area contributed by atoms with Crippen LogP contribution < -0.4 is 0 Å². The highest BCUT2D eigenvalue weighted by molar-refractivity contribution is 7.98. The molecule has 0 aliphatic carbocycles. The Kier molecular flexibility index (Phi) is 4.49. The van der Waals surface area contributed by atoms with E-state index in [1.54, 1.807) is 0 Å². The van der Waals surface area contributed by atoms with Crippen molar-refractivity contribution in [3.8, 4) is 12.3 Å². The van der Waals surface area contributed by atoms with E-state index >= 15 is 0 Å². The Morgan fingerprint density at radius 3 is 2.85 bits per heavy atom. The summed E-state index contributed by atoms with van der Waals surface area (Å²) in [6, 6.07) is 8.49. The van der Waals surface area contributed by atoms with Gasteiger partial charge in [0.05, 0.1) is 0 Å². The lowest BCUT2D eigenvalue weighted by Crippen LogP contribution is -1.86. The summed E-state index contributed by atoms with van der Waals surface area (Å²) in [5.74, 6) is 4.79. The third kappa shape index (κ3) is 3.57. The Morgan fingerprint density at radius 2 is 2.15 bits per heavy atom. The molecule has 0 nitrogen and oxygen atoms in total. The van der Waals surface area contributed by atoms with Crippen LogP contribution >= 0.6 is 11.8 Å². The molecule has 0 aromatic heterocycles. The van der Waals surface area contributed by atoms with E-state index in [4.69, 9.17) is 6.42 Å². The van der Waals surface area contributed by atoms with Gasteiger partial charge < -0.3 is 0 Å². The highest BCUT2D eigenvalue weighted by atomic mass is 32.2. The maximum absolute atomic E-state index is 5.17. The summed E-state index contributed by atoms with van der Waals surface area (Å²) in [6.45, 7) is 2.15. The quantitative estimate of drug-likeness (QED) is 0.519. The molecule has 0 fully saturated rings. The van der Waals surface area contributed by atoms with E-state index in [2.05, 4.69) is 37.1 Å². The van der Waals surface area contributed by atoms with Crippen molar-refractivity contribution in [1.29, 1.82) is 0 Å². The number of benzene rings is 1. The minimum absolute atomic E-state index is 0.872. The highest BCUT2D eigenvalue weighted by Crippen LogP contribution is 2.15. The van der Waals surface area contributed by atoms with E-state index in [0.717, 1.165) is 17.9 Å². The molecule has 0 saturated heterocycles. The first-order valence-corrected chi connectivity index (χ1v) is 5.56. The minimum Gasteiger partial charge on any atom is -0.156 e. The van der Waals surface area contributed by atoms with Crippen molar-refractivity contribution < 1.29 is 0 Å². The van der Waals surface area contributed by atoms with Crippen LogP contribution in [-0.2, 0) is 5.75 Å². The normalized spacial score (nSPS) is 9.54. The van der Waals surface area contributed by atoms with Crippen LogP contribution in [0.1, 0.15) is 17.5 Å². The zero-order chi connectivity index (χ0) is 9.52. The summed E-state index contributed by atoms with van der Waals surface area (Å²) in [4.78, 5) is 0. The van der Waals surface area contributed by atoms with Gasteiger partial charge in [-0.05, 0) is 18.1 Å². The van der Waals surface area contributed by atoms with E-state index in [0.29, 0.717) is 0 Å². The van der Waals surface area contributed by atoms with Crippen molar-refractivity contribution in [2.75, 3.05) is 5.75 Å².